The maximum absolute atomic E-state index is 12.2. The molecule has 0 unspecified atom stereocenters. The summed E-state index contributed by atoms with van der Waals surface area (Å²) in [7, 11) is 0. The zero-order valence-corrected chi connectivity index (χ0v) is 16.5. The molecule has 0 aromatic heterocycles. The van der Waals surface area contributed by atoms with Crippen molar-refractivity contribution < 1.29 is 22.6 Å². The van der Waals surface area contributed by atoms with Crippen LogP contribution in [0.15, 0.2) is 83.0 Å². The number of benzene rings is 3. The van der Waals surface area contributed by atoms with E-state index in [9.17, 15) is 13.2 Å². The third kappa shape index (κ3) is 5.82. The van der Waals surface area contributed by atoms with Gasteiger partial charge in [0, 0.05) is 18.8 Å². The first-order valence-corrected chi connectivity index (χ1v) is 9.77. The summed E-state index contributed by atoms with van der Waals surface area (Å²) in [5, 5.41) is 8.19. The lowest BCUT2D eigenvalue weighted by atomic mass is 10.0. The third-order valence-corrected chi connectivity index (χ3v) is 4.80. The molecule has 0 bridgehead atoms. The Morgan fingerprint density at radius 2 is 1.19 bits per heavy atom. The second-order valence-corrected chi connectivity index (χ2v) is 6.93. The molecule has 5 nitrogen and oxygen atoms in total. The van der Waals surface area contributed by atoms with Crippen molar-refractivity contribution in [1.29, 1.82) is 0 Å². The summed E-state index contributed by atoms with van der Waals surface area (Å²) in [5.41, 5.74) is 4.41. The first-order valence-electron chi connectivity index (χ1n) is 9.77. The molecule has 0 saturated carbocycles. The van der Waals surface area contributed by atoms with Crippen molar-refractivity contribution in [3.63, 3.8) is 0 Å². The number of anilines is 1. The Labute approximate surface area is 177 Å². The number of rotatable bonds is 5. The molecular weight excluding hydrogens is 407 g/mol. The molecular formula is C23H20F3N3O2. The minimum Gasteiger partial charge on any atom is -0.406 e. The van der Waals surface area contributed by atoms with Gasteiger partial charge < -0.3 is 14.4 Å². The standard InChI is InChI=1S/C23H20F3N3O2/c24-23(25,26)31-22-11-7-20(8-12-22)28-27-19-5-1-17(2-6-19)18-3-9-21(10-4-18)29-13-15-30-16-14-29/h1-12H,13-16H2. The predicted octanol–water partition coefficient (Wildman–Crippen LogP) is 6.50. The average Bonchev–Trinajstić information content (AvgIpc) is 2.79. The van der Waals surface area contributed by atoms with Gasteiger partial charge in [0.15, 0.2) is 0 Å². The van der Waals surface area contributed by atoms with E-state index in [1.54, 1.807) is 0 Å². The van der Waals surface area contributed by atoms with E-state index >= 15 is 0 Å². The zero-order valence-electron chi connectivity index (χ0n) is 16.5. The summed E-state index contributed by atoms with van der Waals surface area (Å²) < 4.78 is 45.8. The average molecular weight is 427 g/mol. The maximum atomic E-state index is 12.2. The van der Waals surface area contributed by atoms with Crippen LogP contribution >= 0.6 is 0 Å². The van der Waals surface area contributed by atoms with Gasteiger partial charge in [-0.1, -0.05) is 24.3 Å². The molecule has 1 fully saturated rings. The molecule has 1 heterocycles. The Bertz CT molecular complexity index is 1010. The van der Waals surface area contributed by atoms with Crippen LogP contribution in [0.5, 0.6) is 5.75 Å². The molecule has 3 aromatic carbocycles. The van der Waals surface area contributed by atoms with Crippen LogP contribution in [0.2, 0.25) is 0 Å². The number of ether oxygens (including phenoxy) is 2. The van der Waals surface area contributed by atoms with Crippen LogP contribution in [-0.2, 0) is 4.74 Å². The quantitative estimate of drug-likeness (QED) is 0.437. The van der Waals surface area contributed by atoms with E-state index in [1.165, 1.54) is 30.0 Å². The fourth-order valence-electron chi connectivity index (χ4n) is 3.24. The number of alkyl halides is 3. The maximum Gasteiger partial charge on any atom is 0.573 e. The number of halogens is 3. The second kappa shape index (κ2) is 9.18. The lowest BCUT2D eigenvalue weighted by Crippen LogP contribution is -2.36. The topological polar surface area (TPSA) is 46.4 Å². The van der Waals surface area contributed by atoms with Crippen LogP contribution in [-0.4, -0.2) is 32.7 Å². The number of hydrogen-bond donors (Lipinski definition) is 0. The molecule has 1 saturated heterocycles. The summed E-state index contributed by atoms with van der Waals surface area (Å²) in [6.07, 6.45) is -4.71. The molecule has 0 radical (unpaired) electrons. The first kappa shape index (κ1) is 20.9. The summed E-state index contributed by atoms with van der Waals surface area (Å²) in [6, 6.07) is 21.2. The van der Waals surface area contributed by atoms with Crippen molar-refractivity contribution in [2.75, 3.05) is 31.2 Å². The van der Waals surface area contributed by atoms with Crippen molar-refractivity contribution in [3.05, 3.63) is 72.8 Å². The lowest BCUT2D eigenvalue weighted by molar-refractivity contribution is -0.274. The van der Waals surface area contributed by atoms with Gasteiger partial charge in [0.25, 0.3) is 0 Å². The highest BCUT2D eigenvalue weighted by atomic mass is 19.4. The molecule has 0 spiro atoms. The van der Waals surface area contributed by atoms with Crippen molar-refractivity contribution in [3.8, 4) is 16.9 Å². The molecule has 8 heteroatoms. The Kier molecular flexibility index (Phi) is 6.18. The number of nitrogens with zero attached hydrogens (tertiary/aromatic N) is 3. The van der Waals surface area contributed by atoms with Crippen LogP contribution in [0, 0.1) is 0 Å². The molecule has 0 N–H and O–H groups in total. The summed E-state index contributed by atoms with van der Waals surface area (Å²) in [4.78, 5) is 2.30. The van der Waals surface area contributed by atoms with E-state index in [1.807, 2.05) is 24.3 Å². The SMILES string of the molecule is FC(F)(F)Oc1ccc(N=Nc2ccc(-c3ccc(N4CCOCC4)cc3)cc2)cc1. The number of hydrogen-bond acceptors (Lipinski definition) is 5. The molecule has 31 heavy (non-hydrogen) atoms. The smallest absolute Gasteiger partial charge is 0.406 e. The van der Waals surface area contributed by atoms with Gasteiger partial charge in [-0.2, -0.15) is 10.2 Å². The van der Waals surface area contributed by atoms with Crippen LogP contribution < -0.4 is 9.64 Å². The Balaban J connectivity index is 1.39. The zero-order chi connectivity index (χ0) is 21.7. The van der Waals surface area contributed by atoms with E-state index in [4.69, 9.17) is 4.74 Å². The first-order chi connectivity index (χ1) is 15.0. The molecule has 4 rings (SSSR count). The fraction of sp³-hybridized carbons (Fsp3) is 0.217. The van der Waals surface area contributed by atoms with E-state index in [0.29, 0.717) is 11.4 Å². The van der Waals surface area contributed by atoms with Crippen LogP contribution in [0.4, 0.5) is 30.2 Å². The molecule has 0 atom stereocenters. The molecule has 1 aliphatic rings. The molecule has 1 aliphatic heterocycles. The lowest BCUT2D eigenvalue weighted by Gasteiger charge is -2.28. The van der Waals surface area contributed by atoms with Crippen molar-refractivity contribution in [2.45, 2.75) is 6.36 Å². The Morgan fingerprint density at radius 1 is 0.710 bits per heavy atom. The monoisotopic (exact) mass is 427 g/mol. The van der Waals surface area contributed by atoms with Crippen LogP contribution in [0.1, 0.15) is 0 Å². The predicted molar refractivity (Wildman–Crippen MR) is 112 cm³/mol. The van der Waals surface area contributed by atoms with E-state index in [2.05, 4.69) is 44.1 Å². The van der Waals surface area contributed by atoms with Gasteiger partial charge in [0.1, 0.15) is 5.75 Å². The Morgan fingerprint density at radius 3 is 1.71 bits per heavy atom. The third-order valence-electron chi connectivity index (χ3n) is 4.80. The summed E-state index contributed by atoms with van der Waals surface area (Å²) in [6.45, 7) is 3.31. The van der Waals surface area contributed by atoms with Gasteiger partial charge in [0.2, 0.25) is 0 Å². The van der Waals surface area contributed by atoms with Gasteiger partial charge in [-0.25, -0.2) is 0 Å². The van der Waals surface area contributed by atoms with E-state index < -0.39 is 6.36 Å². The second-order valence-electron chi connectivity index (χ2n) is 6.93. The number of morpholine rings is 1. The summed E-state index contributed by atoms with van der Waals surface area (Å²) in [5.74, 6) is -0.296. The number of azo groups is 1. The van der Waals surface area contributed by atoms with Crippen molar-refractivity contribution in [1.82, 2.24) is 0 Å². The fourth-order valence-corrected chi connectivity index (χ4v) is 3.24. The molecule has 0 amide bonds. The highest BCUT2D eigenvalue weighted by molar-refractivity contribution is 5.68. The van der Waals surface area contributed by atoms with Crippen molar-refractivity contribution >= 4 is 17.1 Å². The van der Waals surface area contributed by atoms with Gasteiger partial charge in [0.05, 0.1) is 24.6 Å². The molecule has 160 valence electrons. The van der Waals surface area contributed by atoms with Crippen LogP contribution in [0.3, 0.4) is 0 Å². The highest BCUT2D eigenvalue weighted by Gasteiger charge is 2.30. The normalized spacial score (nSPS) is 14.7. The molecule has 0 aliphatic carbocycles. The minimum absolute atomic E-state index is 0.296. The van der Waals surface area contributed by atoms with Gasteiger partial charge in [-0.15, -0.1) is 13.2 Å². The van der Waals surface area contributed by atoms with Gasteiger partial charge >= 0.3 is 6.36 Å². The van der Waals surface area contributed by atoms with Crippen molar-refractivity contribution in [2.24, 2.45) is 10.2 Å². The van der Waals surface area contributed by atoms with Crippen LogP contribution in [0.25, 0.3) is 11.1 Å². The van der Waals surface area contributed by atoms with Gasteiger partial charge in [-0.05, 0) is 59.7 Å². The summed E-state index contributed by atoms with van der Waals surface area (Å²) >= 11 is 0. The highest BCUT2D eigenvalue weighted by Crippen LogP contribution is 2.28. The minimum atomic E-state index is -4.71. The largest absolute Gasteiger partial charge is 0.573 e. The van der Waals surface area contributed by atoms with Gasteiger partial charge in [-0.3, -0.25) is 0 Å². The van der Waals surface area contributed by atoms with E-state index in [0.717, 1.165) is 37.4 Å². The molecule has 3 aromatic rings. The Hall–Kier alpha value is -3.39. The van der Waals surface area contributed by atoms with E-state index in [-0.39, 0.29) is 5.75 Å².